The molecule has 0 aliphatic carbocycles. The second kappa shape index (κ2) is 9.81. The van der Waals surface area contributed by atoms with Crippen molar-refractivity contribution in [2.45, 2.75) is 39.0 Å². The van der Waals surface area contributed by atoms with E-state index >= 15 is 0 Å². The third kappa shape index (κ3) is 5.48. The molecule has 0 spiro atoms. The molecule has 26 heavy (non-hydrogen) atoms. The van der Waals surface area contributed by atoms with Crippen molar-refractivity contribution in [3.63, 3.8) is 0 Å². The molecule has 138 valence electrons. The van der Waals surface area contributed by atoms with Crippen molar-refractivity contribution in [1.82, 2.24) is 5.32 Å². The van der Waals surface area contributed by atoms with Crippen LogP contribution in [0, 0.1) is 0 Å². The molecule has 0 bridgehead atoms. The Balaban J connectivity index is 1.84. The van der Waals surface area contributed by atoms with Gasteiger partial charge in [-0.2, -0.15) is 0 Å². The molecule has 0 heterocycles. The van der Waals surface area contributed by atoms with Crippen LogP contribution in [0.25, 0.3) is 0 Å². The molecule has 0 radical (unpaired) electrons. The van der Waals surface area contributed by atoms with Crippen LogP contribution in [0.4, 0.5) is 0 Å². The molecule has 0 atom stereocenters. The first kappa shape index (κ1) is 19.8. The molecule has 3 nitrogen and oxygen atoms in total. The molecule has 1 N–H and O–H groups in total. The highest BCUT2D eigenvalue weighted by molar-refractivity contribution is 5.94. The van der Waals surface area contributed by atoms with Gasteiger partial charge in [0.25, 0.3) is 5.91 Å². The van der Waals surface area contributed by atoms with Gasteiger partial charge >= 0.3 is 0 Å². The Morgan fingerprint density at radius 3 is 2.54 bits per heavy atom. The normalized spacial score (nSPS) is 10.6. The number of aryl methyl sites for hydroxylation is 1. The second-order valence-corrected chi connectivity index (χ2v) is 6.78. The van der Waals surface area contributed by atoms with Crippen molar-refractivity contribution in [3.05, 3.63) is 77.4 Å². The number of carbonyl (C=O) groups is 1. The van der Waals surface area contributed by atoms with E-state index in [2.05, 4.69) is 50.0 Å². The number of hydrogen-bond donors (Lipinski definition) is 1. The molecule has 0 saturated heterocycles. The van der Waals surface area contributed by atoms with Gasteiger partial charge in [0.1, 0.15) is 5.75 Å². The lowest BCUT2D eigenvalue weighted by Gasteiger charge is -2.10. The molecule has 1 amide bonds. The maximum absolute atomic E-state index is 12.4. The number of ether oxygens (including phenoxy) is 1. The van der Waals surface area contributed by atoms with Gasteiger partial charge in [0, 0.05) is 12.1 Å². The SMILES string of the molecule is C=CCc1cc(C(=O)NCCCc2ccc(C(C)C)cc2)ccc1OC. The Morgan fingerprint density at radius 1 is 1.19 bits per heavy atom. The minimum Gasteiger partial charge on any atom is -0.496 e. The van der Waals surface area contributed by atoms with Crippen LogP contribution in [0.2, 0.25) is 0 Å². The third-order valence-electron chi connectivity index (χ3n) is 4.48. The standard InChI is InChI=1S/C23H29NO2/c1-5-7-20-16-21(13-14-22(20)26-4)23(25)24-15-6-8-18-9-11-19(12-10-18)17(2)3/h5,9-14,16-17H,1,6-8,15H2,2-4H3,(H,24,25). The zero-order valence-corrected chi connectivity index (χ0v) is 16.0. The Bertz CT molecular complexity index is 732. The molecule has 3 heteroatoms. The van der Waals surface area contributed by atoms with Crippen LogP contribution >= 0.6 is 0 Å². The van der Waals surface area contributed by atoms with Gasteiger partial charge in [-0.1, -0.05) is 44.2 Å². The summed E-state index contributed by atoms with van der Waals surface area (Å²) in [7, 11) is 1.63. The Kier molecular flexibility index (Phi) is 7.46. The second-order valence-electron chi connectivity index (χ2n) is 6.78. The quantitative estimate of drug-likeness (QED) is 0.515. The van der Waals surface area contributed by atoms with Gasteiger partial charge in [-0.25, -0.2) is 0 Å². The largest absolute Gasteiger partial charge is 0.496 e. The van der Waals surface area contributed by atoms with Crippen molar-refractivity contribution in [2.24, 2.45) is 0 Å². The van der Waals surface area contributed by atoms with Gasteiger partial charge in [-0.05, 0) is 60.1 Å². The van der Waals surface area contributed by atoms with Crippen molar-refractivity contribution < 1.29 is 9.53 Å². The lowest BCUT2D eigenvalue weighted by molar-refractivity contribution is 0.0953. The highest BCUT2D eigenvalue weighted by atomic mass is 16.5. The molecule has 0 saturated carbocycles. The molecule has 2 rings (SSSR count). The smallest absolute Gasteiger partial charge is 0.251 e. The van der Waals surface area contributed by atoms with Crippen LogP contribution in [-0.4, -0.2) is 19.6 Å². The highest BCUT2D eigenvalue weighted by Crippen LogP contribution is 2.21. The van der Waals surface area contributed by atoms with Crippen molar-refractivity contribution >= 4 is 5.91 Å². The minimum absolute atomic E-state index is 0.0480. The average Bonchev–Trinajstić information content (AvgIpc) is 2.65. The number of methoxy groups -OCH3 is 1. The summed E-state index contributed by atoms with van der Waals surface area (Å²) in [6, 6.07) is 14.3. The zero-order valence-electron chi connectivity index (χ0n) is 16.0. The molecule has 0 aliphatic heterocycles. The summed E-state index contributed by atoms with van der Waals surface area (Å²) in [6.07, 6.45) is 4.37. The molecule has 0 aliphatic rings. The number of amides is 1. The fourth-order valence-electron chi connectivity index (χ4n) is 2.90. The molecule has 2 aromatic rings. The monoisotopic (exact) mass is 351 g/mol. The Hall–Kier alpha value is -2.55. The van der Waals surface area contributed by atoms with E-state index in [0.29, 0.717) is 24.4 Å². The molecule has 2 aromatic carbocycles. The highest BCUT2D eigenvalue weighted by Gasteiger charge is 2.09. The fraction of sp³-hybridized carbons (Fsp3) is 0.348. The van der Waals surface area contributed by atoms with Crippen LogP contribution in [0.5, 0.6) is 5.75 Å². The number of carbonyl (C=O) groups excluding carboxylic acids is 1. The van der Waals surface area contributed by atoms with Gasteiger partial charge < -0.3 is 10.1 Å². The van der Waals surface area contributed by atoms with Gasteiger partial charge in [0.05, 0.1) is 7.11 Å². The zero-order chi connectivity index (χ0) is 18.9. The molecule has 0 aromatic heterocycles. The first-order valence-corrected chi connectivity index (χ1v) is 9.20. The van der Waals surface area contributed by atoms with Gasteiger partial charge in [0.2, 0.25) is 0 Å². The van der Waals surface area contributed by atoms with Crippen molar-refractivity contribution in [1.29, 1.82) is 0 Å². The average molecular weight is 351 g/mol. The fourth-order valence-corrected chi connectivity index (χ4v) is 2.90. The van der Waals surface area contributed by atoms with E-state index in [0.717, 1.165) is 24.2 Å². The van der Waals surface area contributed by atoms with Gasteiger partial charge in [-0.3, -0.25) is 4.79 Å². The lowest BCUT2D eigenvalue weighted by atomic mass is 10.0. The number of hydrogen-bond acceptors (Lipinski definition) is 2. The summed E-state index contributed by atoms with van der Waals surface area (Å²) in [4.78, 5) is 12.4. The van der Waals surface area contributed by atoms with E-state index in [9.17, 15) is 4.79 Å². The third-order valence-corrected chi connectivity index (χ3v) is 4.48. The number of allylic oxidation sites excluding steroid dienone is 1. The minimum atomic E-state index is -0.0480. The summed E-state index contributed by atoms with van der Waals surface area (Å²) in [5.74, 6) is 1.29. The first-order valence-electron chi connectivity index (χ1n) is 9.20. The predicted octanol–water partition coefficient (Wildman–Crippen LogP) is 4.91. The summed E-state index contributed by atoms with van der Waals surface area (Å²) >= 11 is 0. The summed E-state index contributed by atoms with van der Waals surface area (Å²) < 4.78 is 5.32. The van der Waals surface area contributed by atoms with Crippen LogP contribution in [0.3, 0.4) is 0 Å². The van der Waals surface area contributed by atoms with E-state index in [4.69, 9.17) is 4.74 Å². The summed E-state index contributed by atoms with van der Waals surface area (Å²) in [5, 5.41) is 3.00. The first-order chi connectivity index (χ1) is 12.5. The number of nitrogens with one attached hydrogen (secondary N) is 1. The van der Waals surface area contributed by atoms with Crippen LogP contribution in [0.15, 0.2) is 55.1 Å². The van der Waals surface area contributed by atoms with E-state index in [1.54, 1.807) is 13.2 Å². The van der Waals surface area contributed by atoms with Crippen molar-refractivity contribution in [3.8, 4) is 5.75 Å². The van der Waals surface area contributed by atoms with E-state index in [1.807, 2.05) is 18.2 Å². The van der Waals surface area contributed by atoms with E-state index in [-0.39, 0.29) is 5.91 Å². The Morgan fingerprint density at radius 2 is 1.92 bits per heavy atom. The molecule has 0 unspecified atom stereocenters. The van der Waals surface area contributed by atoms with Gasteiger partial charge in [0.15, 0.2) is 0 Å². The van der Waals surface area contributed by atoms with Gasteiger partial charge in [-0.15, -0.1) is 6.58 Å². The van der Waals surface area contributed by atoms with E-state index < -0.39 is 0 Å². The molecular weight excluding hydrogens is 322 g/mol. The summed E-state index contributed by atoms with van der Waals surface area (Å²) in [6.45, 7) is 8.81. The maximum Gasteiger partial charge on any atom is 0.251 e. The molecular formula is C23H29NO2. The van der Waals surface area contributed by atoms with Crippen molar-refractivity contribution in [2.75, 3.05) is 13.7 Å². The topological polar surface area (TPSA) is 38.3 Å². The predicted molar refractivity (Wildman–Crippen MR) is 108 cm³/mol. The maximum atomic E-state index is 12.4. The number of rotatable bonds is 9. The number of benzene rings is 2. The lowest BCUT2D eigenvalue weighted by Crippen LogP contribution is -2.24. The van der Waals surface area contributed by atoms with Crippen LogP contribution in [0.1, 0.15) is 53.2 Å². The Labute approximate surface area is 157 Å². The summed E-state index contributed by atoms with van der Waals surface area (Å²) in [5.41, 5.74) is 4.29. The van der Waals surface area contributed by atoms with Crippen LogP contribution in [-0.2, 0) is 12.8 Å². The molecule has 0 fully saturated rings. The van der Waals surface area contributed by atoms with Crippen LogP contribution < -0.4 is 10.1 Å². The van der Waals surface area contributed by atoms with E-state index in [1.165, 1.54) is 11.1 Å².